The summed E-state index contributed by atoms with van der Waals surface area (Å²) in [7, 11) is 0. The first-order valence-corrected chi connectivity index (χ1v) is 15.5. The van der Waals surface area contributed by atoms with Gasteiger partial charge in [0.15, 0.2) is 17.0 Å². The highest BCUT2D eigenvalue weighted by Crippen LogP contribution is 2.26. The minimum absolute atomic E-state index is 0.0819. The van der Waals surface area contributed by atoms with Crippen LogP contribution in [0, 0.1) is 23.4 Å². The van der Waals surface area contributed by atoms with Crippen molar-refractivity contribution >= 4 is 35.2 Å². The Bertz CT molecular complexity index is 1290. The van der Waals surface area contributed by atoms with Gasteiger partial charge in [0.25, 0.3) is 5.91 Å². The Balaban J connectivity index is 1.27. The fraction of sp³-hybridized carbons (Fsp3) is 0.500. The SMILES string of the molecule is CC(C)C(Nc1ccc(CNC(=O)C2SCCN2C(=O)CC(N)Cc2cc(F)c(F)cc2F)cc1)C(=O)N1CCNCC1. The van der Waals surface area contributed by atoms with Crippen LogP contribution in [0.4, 0.5) is 18.9 Å². The molecule has 3 unspecified atom stereocenters. The summed E-state index contributed by atoms with van der Waals surface area (Å²) in [5.41, 5.74) is 7.58. The van der Waals surface area contributed by atoms with E-state index in [9.17, 15) is 27.6 Å². The fourth-order valence-electron chi connectivity index (χ4n) is 5.13. The molecule has 234 valence electrons. The van der Waals surface area contributed by atoms with Crippen molar-refractivity contribution < 1.29 is 27.6 Å². The van der Waals surface area contributed by atoms with E-state index in [4.69, 9.17) is 5.73 Å². The predicted octanol–water partition coefficient (Wildman–Crippen LogP) is 2.45. The third-order valence-electron chi connectivity index (χ3n) is 7.55. The van der Waals surface area contributed by atoms with Gasteiger partial charge in [0.2, 0.25) is 11.8 Å². The Kier molecular flexibility index (Phi) is 11.3. The topological polar surface area (TPSA) is 120 Å². The lowest BCUT2D eigenvalue weighted by Gasteiger charge is -2.33. The average Bonchev–Trinajstić information content (AvgIpc) is 3.48. The first-order chi connectivity index (χ1) is 20.5. The van der Waals surface area contributed by atoms with Gasteiger partial charge in [0, 0.05) is 69.2 Å². The molecule has 13 heteroatoms. The van der Waals surface area contributed by atoms with Crippen LogP contribution < -0.4 is 21.7 Å². The zero-order chi connectivity index (χ0) is 31.1. The number of benzene rings is 2. The van der Waals surface area contributed by atoms with Crippen LogP contribution in [0.3, 0.4) is 0 Å². The number of hydrogen-bond acceptors (Lipinski definition) is 7. The van der Waals surface area contributed by atoms with Crippen LogP contribution in [0.5, 0.6) is 0 Å². The smallest absolute Gasteiger partial charge is 0.253 e. The number of piperazine rings is 1. The summed E-state index contributed by atoms with van der Waals surface area (Å²) in [5, 5.41) is 8.76. The lowest BCUT2D eigenvalue weighted by molar-refractivity contribution is -0.136. The van der Waals surface area contributed by atoms with Crippen molar-refractivity contribution in [2.24, 2.45) is 11.7 Å². The molecule has 0 bridgehead atoms. The monoisotopic (exact) mass is 620 g/mol. The molecule has 0 aromatic heterocycles. The van der Waals surface area contributed by atoms with Gasteiger partial charge in [-0.1, -0.05) is 26.0 Å². The first kappa shape index (κ1) is 32.6. The van der Waals surface area contributed by atoms with Crippen molar-refractivity contribution in [2.45, 2.75) is 50.7 Å². The average molecular weight is 621 g/mol. The molecule has 2 aromatic rings. The molecule has 3 atom stereocenters. The lowest BCUT2D eigenvalue weighted by Crippen LogP contribution is -2.52. The van der Waals surface area contributed by atoms with Crippen LogP contribution >= 0.6 is 11.8 Å². The van der Waals surface area contributed by atoms with Crippen molar-refractivity contribution in [1.29, 1.82) is 0 Å². The third kappa shape index (κ3) is 8.64. The zero-order valence-corrected chi connectivity index (χ0v) is 25.2. The zero-order valence-electron chi connectivity index (χ0n) is 24.4. The molecule has 2 saturated heterocycles. The summed E-state index contributed by atoms with van der Waals surface area (Å²) in [6.45, 7) is 7.59. The molecule has 43 heavy (non-hydrogen) atoms. The van der Waals surface area contributed by atoms with Gasteiger partial charge in [0.05, 0.1) is 0 Å². The molecule has 9 nitrogen and oxygen atoms in total. The molecule has 2 aliphatic rings. The second kappa shape index (κ2) is 14.9. The minimum atomic E-state index is -1.29. The Labute approximate surface area is 254 Å². The number of halogens is 3. The Hall–Kier alpha value is -3.29. The second-order valence-corrected chi connectivity index (χ2v) is 12.4. The number of carbonyl (C=O) groups excluding carboxylic acids is 3. The Morgan fingerprint density at radius 3 is 2.37 bits per heavy atom. The molecule has 2 fully saturated rings. The molecule has 2 aliphatic heterocycles. The molecule has 3 amide bonds. The van der Waals surface area contributed by atoms with Crippen LogP contribution in [0.2, 0.25) is 0 Å². The number of carbonyl (C=O) groups is 3. The van der Waals surface area contributed by atoms with Crippen LogP contribution in [0.15, 0.2) is 36.4 Å². The Morgan fingerprint density at radius 2 is 1.70 bits per heavy atom. The molecule has 0 saturated carbocycles. The summed E-state index contributed by atoms with van der Waals surface area (Å²) in [6.07, 6.45) is -0.328. The van der Waals surface area contributed by atoms with E-state index in [-0.39, 0.29) is 54.6 Å². The van der Waals surface area contributed by atoms with Gasteiger partial charge >= 0.3 is 0 Å². The normalized spacial score (nSPS) is 18.4. The number of thioether (sulfide) groups is 1. The van der Waals surface area contributed by atoms with Crippen LogP contribution in [0.25, 0.3) is 0 Å². The van der Waals surface area contributed by atoms with Crippen molar-refractivity contribution in [2.75, 3.05) is 43.8 Å². The van der Waals surface area contributed by atoms with E-state index in [0.717, 1.165) is 30.4 Å². The van der Waals surface area contributed by atoms with Crippen molar-refractivity contribution in [3.05, 3.63) is 65.0 Å². The maximum atomic E-state index is 14.0. The summed E-state index contributed by atoms with van der Waals surface area (Å²) in [5.74, 6) is -3.35. The number of nitrogens with zero attached hydrogens (tertiary/aromatic N) is 2. The van der Waals surface area contributed by atoms with Crippen molar-refractivity contribution in [3.63, 3.8) is 0 Å². The van der Waals surface area contributed by atoms with E-state index < -0.39 is 28.9 Å². The van der Waals surface area contributed by atoms with Gasteiger partial charge in [-0.2, -0.15) is 0 Å². The molecule has 2 heterocycles. The van der Waals surface area contributed by atoms with Crippen LogP contribution in [-0.4, -0.2) is 83.5 Å². The van der Waals surface area contributed by atoms with Gasteiger partial charge in [-0.15, -0.1) is 11.8 Å². The van der Waals surface area contributed by atoms with Crippen LogP contribution in [0.1, 0.15) is 31.4 Å². The van der Waals surface area contributed by atoms with Crippen LogP contribution in [-0.2, 0) is 27.3 Å². The number of nitrogens with one attached hydrogen (secondary N) is 3. The minimum Gasteiger partial charge on any atom is -0.373 e. The van der Waals surface area contributed by atoms with Gasteiger partial charge in [0.1, 0.15) is 11.9 Å². The standard InChI is InChI=1S/C30H39F3N6O3S/c1-18(2)27(29(42)38-9-7-35-8-10-38)37-22-5-3-19(4-6-22)17-36-28(41)30-39(11-12-43-30)26(40)15-21(34)13-20-14-24(32)25(33)16-23(20)31/h3-6,14,16,18,21,27,30,35,37H,7-13,15,17,34H2,1-2H3,(H,36,41). The number of hydrogen-bond donors (Lipinski definition) is 4. The third-order valence-corrected chi connectivity index (χ3v) is 8.75. The molecule has 5 N–H and O–H groups in total. The van der Waals surface area contributed by atoms with Gasteiger partial charge < -0.3 is 31.5 Å². The number of nitrogens with two attached hydrogens (primary N) is 1. The van der Waals surface area contributed by atoms with Crippen molar-refractivity contribution in [1.82, 2.24) is 20.4 Å². The van der Waals surface area contributed by atoms with E-state index in [0.29, 0.717) is 31.5 Å². The van der Waals surface area contributed by atoms with Gasteiger partial charge in [-0.3, -0.25) is 14.4 Å². The van der Waals surface area contributed by atoms with E-state index in [1.807, 2.05) is 43.0 Å². The second-order valence-electron chi connectivity index (χ2n) is 11.2. The largest absolute Gasteiger partial charge is 0.373 e. The van der Waals surface area contributed by atoms with E-state index in [1.165, 1.54) is 16.7 Å². The molecule has 0 spiro atoms. The van der Waals surface area contributed by atoms with Gasteiger partial charge in [-0.05, 0) is 41.7 Å². The maximum absolute atomic E-state index is 14.0. The van der Waals surface area contributed by atoms with E-state index in [2.05, 4.69) is 16.0 Å². The molecule has 4 rings (SSSR count). The first-order valence-electron chi connectivity index (χ1n) is 14.5. The summed E-state index contributed by atoms with van der Waals surface area (Å²) in [4.78, 5) is 42.3. The number of anilines is 1. The summed E-state index contributed by atoms with van der Waals surface area (Å²) >= 11 is 1.34. The Morgan fingerprint density at radius 1 is 1.02 bits per heavy atom. The van der Waals surface area contributed by atoms with E-state index in [1.54, 1.807) is 0 Å². The summed E-state index contributed by atoms with van der Waals surface area (Å²) < 4.78 is 40.7. The number of amides is 3. The quantitative estimate of drug-likeness (QED) is 0.285. The molecule has 2 aromatic carbocycles. The highest BCUT2D eigenvalue weighted by Gasteiger charge is 2.35. The molecule has 0 aliphatic carbocycles. The molecular weight excluding hydrogens is 581 g/mol. The summed E-state index contributed by atoms with van der Waals surface area (Å²) in [6, 6.07) is 7.51. The lowest BCUT2D eigenvalue weighted by atomic mass is 10.0. The van der Waals surface area contributed by atoms with Gasteiger partial charge in [-0.25, -0.2) is 13.2 Å². The molecular formula is C30H39F3N6O3S. The van der Waals surface area contributed by atoms with Crippen molar-refractivity contribution in [3.8, 4) is 0 Å². The molecule has 0 radical (unpaired) electrons. The predicted molar refractivity (Wildman–Crippen MR) is 161 cm³/mol. The number of rotatable bonds is 11. The highest BCUT2D eigenvalue weighted by atomic mass is 32.2. The maximum Gasteiger partial charge on any atom is 0.253 e. The van der Waals surface area contributed by atoms with E-state index >= 15 is 0 Å². The highest BCUT2D eigenvalue weighted by molar-refractivity contribution is 8.00. The fourth-order valence-corrected chi connectivity index (χ4v) is 6.29.